The molecule has 8 rings (SSSR count). The molecule has 1 saturated carbocycles. The molecule has 52 heavy (non-hydrogen) atoms. The zero-order valence-electron chi connectivity index (χ0n) is 28.4. The van der Waals surface area contributed by atoms with Crippen LogP contribution in [0.25, 0.3) is 22.6 Å². The highest BCUT2D eigenvalue weighted by atomic mass is 32.2. The molecule has 0 bridgehead atoms. The van der Waals surface area contributed by atoms with E-state index in [0.29, 0.717) is 43.4 Å². The predicted molar refractivity (Wildman–Crippen MR) is 215 cm³/mol. The third-order valence-electron chi connectivity index (χ3n) is 10.0. The lowest BCUT2D eigenvalue weighted by atomic mass is 9.95. The summed E-state index contributed by atoms with van der Waals surface area (Å²) >= 11 is 7.81. The van der Waals surface area contributed by atoms with Gasteiger partial charge in [0.15, 0.2) is 6.73 Å². The van der Waals surface area contributed by atoms with Gasteiger partial charge in [-0.05, 0) is 89.6 Å². The van der Waals surface area contributed by atoms with Gasteiger partial charge in [-0.25, -0.2) is 0 Å². The maximum Gasteiger partial charge on any atom is 0.294 e. The molecule has 0 N–H and O–H groups in total. The second kappa shape index (κ2) is 14.5. The molecule has 1 amide bonds. The van der Waals surface area contributed by atoms with E-state index >= 15 is 0 Å². The predicted octanol–water partition coefficient (Wildman–Crippen LogP) is 7.23. The Bertz CT molecular complexity index is 2360. The first-order valence-electron chi connectivity index (χ1n) is 17.4. The number of carbonyl (C=O) groups excluding carboxylic acids is 2. The summed E-state index contributed by atoms with van der Waals surface area (Å²) in [5.41, 5.74) is 8.92. The Morgan fingerprint density at radius 3 is 2.25 bits per heavy atom. The highest BCUT2D eigenvalue weighted by Gasteiger charge is 2.42. The van der Waals surface area contributed by atoms with E-state index in [4.69, 9.17) is 17.0 Å². The van der Waals surface area contributed by atoms with Gasteiger partial charge in [0.1, 0.15) is 13.9 Å². The van der Waals surface area contributed by atoms with Crippen molar-refractivity contribution in [3.05, 3.63) is 150 Å². The van der Waals surface area contributed by atoms with Gasteiger partial charge in [-0.3, -0.25) is 23.9 Å². The molecule has 2 fully saturated rings. The largest absolute Gasteiger partial charge is 0.446 e. The summed E-state index contributed by atoms with van der Waals surface area (Å²) in [6.07, 6.45) is 7.52. The zero-order chi connectivity index (χ0) is 35.8. The van der Waals surface area contributed by atoms with Crippen molar-refractivity contribution < 1.29 is 14.3 Å². The smallest absolute Gasteiger partial charge is 0.294 e. The monoisotopic (exact) mass is 741 g/mol. The van der Waals surface area contributed by atoms with Crippen LogP contribution < -0.4 is 19.7 Å². The summed E-state index contributed by atoms with van der Waals surface area (Å²) in [5, 5.41) is 0. The second-order valence-electron chi connectivity index (χ2n) is 13.0. The quantitative estimate of drug-likeness (QED) is 0.0897. The number of ether oxygens (including phenoxy) is 1. The fourth-order valence-electron chi connectivity index (χ4n) is 7.63. The Hall–Kier alpha value is -5.03. The molecule has 7 nitrogen and oxygen atoms in total. The van der Waals surface area contributed by atoms with E-state index in [9.17, 15) is 14.4 Å². The molecule has 3 heterocycles. The summed E-state index contributed by atoms with van der Waals surface area (Å²) in [4.78, 5) is 42.3. The number of hydrogen-bond acceptors (Lipinski definition) is 8. The Morgan fingerprint density at radius 1 is 0.904 bits per heavy atom. The molecule has 0 spiro atoms. The van der Waals surface area contributed by atoms with Crippen LogP contribution in [-0.4, -0.2) is 38.8 Å². The van der Waals surface area contributed by atoms with Crippen molar-refractivity contribution in [2.75, 3.05) is 11.4 Å². The van der Waals surface area contributed by atoms with Gasteiger partial charge in [0.25, 0.3) is 17.9 Å². The molecular formula is C42H35N3O4S3. The molecule has 2 unspecified atom stereocenters. The number of rotatable bonds is 9. The van der Waals surface area contributed by atoms with Gasteiger partial charge in [0.2, 0.25) is 0 Å². The van der Waals surface area contributed by atoms with E-state index in [0.717, 1.165) is 30.4 Å². The Kier molecular flexibility index (Phi) is 9.53. The average Bonchev–Trinajstić information content (AvgIpc) is 3.92. The molecule has 5 aromatic rings. The van der Waals surface area contributed by atoms with Crippen LogP contribution in [0.1, 0.15) is 59.9 Å². The minimum Gasteiger partial charge on any atom is -0.446 e. The summed E-state index contributed by atoms with van der Waals surface area (Å²) < 4.78 is 7.68. The molecule has 2 aliphatic heterocycles. The molecular weight excluding hydrogens is 707 g/mol. The van der Waals surface area contributed by atoms with E-state index in [1.54, 1.807) is 0 Å². The first-order valence-corrected chi connectivity index (χ1v) is 19.4. The lowest BCUT2D eigenvalue weighted by Crippen LogP contribution is -2.34. The molecule has 1 saturated heterocycles. The van der Waals surface area contributed by atoms with Gasteiger partial charge in [-0.15, -0.1) is 11.3 Å². The molecule has 0 radical (unpaired) electrons. The number of nitrogens with zero attached hydrogens (tertiary/aromatic N) is 3. The number of benzene rings is 4. The van der Waals surface area contributed by atoms with Gasteiger partial charge in [0.05, 0.1) is 4.53 Å². The van der Waals surface area contributed by atoms with Crippen molar-refractivity contribution in [3.8, 4) is 0 Å². The number of amides is 1. The van der Waals surface area contributed by atoms with Crippen LogP contribution in [-0.2, 0) is 21.1 Å². The number of hydrogen-bond donors (Lipinski definition) is 0. The van der Waals surface area contributed by atoms with E-state index in [1.165, 1.54) is 66.2 Å². The third kappa shape index (κ3) is 6.25. The topological polar surface area (TPSA) is 71.8 Å². The van der Waals surface area contributed by atoms with Gasteiger partial charge in [-0.1, -0.05) is 109 Å². The molecule has 10 heteroatoms. The van der Waals surface area contributed by atoms with Crippen LogP contribution in [0.5, 0.6) is 0 Å². The van der Waals surface area contributed by atoms with Gasteiger partial charge in [0, 0.05) is 29.9 Å². The van der Waals surface area contributed by atoms with Crippen molar-refractivity contribution >= 4 is 86.0 Å². The Balaban J connectivity index is 1.14. The lowest BCUT2D eigenvalue weighted by Gasteiger charge is -2.27. The van der Waals surface area contributed by atoms with Gasteiger partial charge in [-0.2, -0.15) is 0 Å². The van der Waals surface area contributed by atoms with E-state index in [1.807, 2.05) is 25.1 Å². The van der Waals surface area contributed by atoms with E-state index in [-0.39, 0.29) is 18.2 Å². The number of aromatic nitrogens is 1. The first kappa shape index (κ1) is 34.1. The summed E-state index contributed by atoms with van der Waals surface area (Å²) in [6.45, 7) is 2.31. The number of fused-ring (bicyclic) bond motifs is 3. The second-order valence-corrected chi connectivity index (χ2v) is 15.6. The summed E-state index contributed by atoms with van der Waals surface area (Å²) in [6, 6.07) is 36.7. The van der Waals surface area contributed by atoms with Crippen LogP contribution in [0, 0.1) is 0 Å². The average molecular weight is 742 g/mol. The fourth-order valence-corrected chi connectivity index (χ4v) is 10.3. The third-order valence-corrected chi connectivity index (χ3v) is 12.7. The standard InChI is InChI=1S/C42H35N3O4S3/c1-2-43-40(48)38(52-42(43)50)41-44(25-49-26-46)39(47)37(51-41)24-28-18-21-36-34(23-28)32-14-9-15-35(32)45(36)31-19-16-27(17-20-31)22-33(29-10-5-3-6-11-29)30-12-7-4-8-13-30/h3-8,10-13,16-24,26,32,35H,2,9,14-15,25H2,1H3/b37-24+,41-38-. The molecule has 3 aliphatic rings. The minimum absolute atomic E-state index is 0.244. The van der Waals surface area contributed by atoms with Crippen molar-refractivity contribution in [2.24, 2.45) is 0 Å². The van der Waals surface area contributed by atoms with Crippen molar-refractivity contribution in [2.45, 2.75) is 44.9 Å². The Labute approximate surface area is 315 Å². The maximum absolute atomic E-state index is 13.7. The van der Waals surface area contributed by atoms with Crippen molar-refractivity contribution in [1.29, 1.82) is 0 Å². The van der Waals surface area contributed by atoms with Crippen molar-refractivity contribution in [3.63, 3.8) is 0 Å². The van der Waals surface area contributed by atoms with Crippen LogP contribution in [0.15, 0.2) is 108 Å². The highest BCUT2D eigenvalue weighted by molar-refractivity contribution is 8.30. The van der Waals surface area contributed by atoms with Crippen LogP contribution >= 0.6 is 35.3 Å². The van der Waals surface area contributed by atoms with E-state index < -0.39 is 0 Å². The lowest BCUT2D eigenvalue weighted by molar-refractivity contribution is -0.132. The van der Waals surface area contributed by atoms with Gasteiger partial charge >= 0.3 is 0 Å². The van der Waals surface area contributed by atoms with E-state index in [2.05, 4.69) is 102 Å². The van der Waals surface area contributed by atoms with Crippen LogP contribution in [0.3, 0.4) is 0 Å². The number of thiocarbonyl (C=S) groups is 1. The number of thiazole rings is 1. The molecule has 2 atom stereocenters. The van der Waals surface area contributed by atoms with Crippen LogP contribution in [0.4, 0.5) is 11.4 Å². The number of carbonyl (C=O) groups is 2. The molecule has 1 aromatic heterocycles. The SMILES string of the molecule is CCN1C(=O)/C(=c2/s/c(=C/c3ccc4c(c3)C3CCCC3N4c3ccc(C=C(c4ccccc4)c4ccccc4)cc3)c(=O)n2COC=O)SC1=S. The number of anilines is 2. The normalized spacial score (nSPS) is 19.2. The summed E-state index contributed by atoms with van der Waals surface area (Å²) in [7, 11) is 0. The molecule has 1 aliphatic carbocycles. The minimum atomic E-state index is -0.318. The number of thioether (sulfide) groups is 1. The maximum atomic E-state index is 13.7. The van der Waals surface area contributed by atoms with Crippen LogP contribution in [0.2, 0.25) is 0 Å². The zero-order valence-corrected chi connectivity index (χ0v) is 30.9. The Morgan fingerprint density at radius 2 is 1.60 bits per heavy atom. The fraction of sp³-hybridized carbons (Fsp3) is 0.190. The first-order chi connectivity index (χ1) is 25.4. The molecule has 4 aromatic carbocycles. The van der Waals surface area contributed by atoms with Crippen molar-refractivity contribution in [1.82, 2.24) is 9.47 Å². The summed E-state index contributed by atoms with van der Waals surface area (Å²) in [5.74, 6) is 0.151. The molecule has 260 valence electrons. The van der Waals surface area contributed by atoms with Gasteiger partial charge < -0.3 is 9.64 Å². The highest BCUT2D eigenvalue weighted by Crippen LogP contribution is 2.52.